The zero-order valence-corrected chi connectivity index (χ0v) is 13.4. The van der Waals surface area contributed by atoms with Crippen LogP contribution in [0.25, 0.3) is 22.0 Å². The highest BCUT2D eigenvalue weighted by Crippen LogP contribution is 2.32. The predicted octanol–water partition coefficient (Wildman–Crippen LogP) is 3.70. The summed E-state index contributed by atoms with van der Waals surface area (Å²) in [4.78, 5) is 5.45. The summed E-state index contributed by atoms with van der Waals surface area (Å²) in [7, 11) is 4.10. The molecular weight excluding hydrogens is 272 g/mol. The molecule has 3 rings (SSSR count). The van der Waals surface area contributed by atoms with Crippen molar-refractivity contribution >= 4 is 10.9 Å². The molecule has 0 unspecified atom stereocenters. The third-order valence-corrected chi connectivity index (χ3v) is 3.97. The van der Waals surface area contributed by atoms with Crippen molar-refractivity contribution in [2.45, 2.75) is 20.1 Å². The highest BCUT2D eigenvalue weighted by Gasteiger charge is 2.11. The first-order valence-electron chi connectivity index (χ1n) is 7.54. The maximum absolute atomic E-state index is 9.78. The van der Waals surface area contributed by atoms with Crippen LogP contribution in [0, 0.1) is 6.92 Å². The fraction of sp³-hybridized carbons (Fsp3) is 0.263. The van der Waals surface area contributed by atoms with Gasteiger partial charge in [-0.3, -0.25) is 0 Å². The topological polar surface area (TPSA) is 39.3 Å². The lowest BCUT2D eigenvalue weighted by Crippen LogP contribution is -2.10. The lowest BCUT2D eigenvalue weighted by molar-refractivity contribution is 0.282. The van der Waals surface area contributed by atoms with Gasteiger partial charge < -0.3 is 15.0 Å². The molecule has 1 heterocycles. The number of nitrogens with one attached hydrogen (secondary N) is 1. The van der Waals surface area contributed by atoms with Crippen LogP contribution >= 0.6 is 0 Å². The van der Waals surface area contributed by atoms with Crippen molar-refractivity contribution in [1.29, 1.82) is 0 Å². The number of nitrogens with zero attached hydrogens (tertiary/aromatic N) is 1. The molecule has 114 valence electrons. The quantitative estimate of drug-likeness (QED) is 0.770. The Labute approximate surface area is 131 Å². The monoisotopic (exact) mass is 294 g/mol. The van der Waals surface area contributed by atoms with Crippen LogP contribution in [0.1, 0.15) is 16.7 Å². The van der Waals surface area contributed by atoms with Crippen LogP contribution in [-0.4, -0.2) is 29.1 Å². The number of aromatic amines is 1. The van der Waals surface area contributed by atoms with E-state index < -0.39 is 0 Å². The second-order valence-electron chi connectivity index (χ2n) is 6.14. The van der Waals surface area contributed by atoms with Gasteiger partial charge in [-0.15, -0.1) is 0 Å². The first kappa shape index (κ1) is 14.8. The standard InChI is InChI=1S/C19H22N2O/c1-13-4-7-19-17(8-13)18(10-20-19)16-6-5-14(11-21(2)3)9-15(16)12-22/h4-10,20,22H,11-12H2,1-3H3. The van der Waals surface area contributed by atoms with E-state index in [1.54, 1.807) is 0 Å². The third kappa shape index (κ3) is 2.78. The first-order chi connectivity index (χ1) is 10.6. The van der Waals surface area contributed by atoms with Crippen LogP contribution in [0.3, 0.4) is 0 Å². The lowest BCUT2D eigenvalue weighted by Gasteiger charge is -2.13. The first-order valence-corrected chi connectivity index (χ1v) is 7.54. The molecule has 0 aliphatic carbocycles. The Morgan fingerprint density at radius 1 is 1.05 bits per heavy atom. The smallest absolute Gasteiger partial charge is 0.0688 e. The fourth-order valence-electron chi connectivity index (χ4n) is 2.96. The maximum atomic E-state index is 9.78. The molecule has 2 N–H and O–H groups in total. The van der Waals surface area contributed by atoms with Gasteiger partial charge in [-0.2, -0.15) is 0 Å². The van der Waals surface area contributed by atoms with Gasteiger partial charge in [0.15, 0.2) is 0 Å². The second-order valence-corrected chi connectivity index (χ2v) is 6.14. The van der Waals surface area contributed by atoms with Crippen LogP contribution in [0.5, 0.6) is 0 Å². The number of hydrogen-bond donors (Lipinski definition) is 2. The molecule has 0 bridgehead atoms. The van der Waals surface area contributed by atoms with E-state index in [-0.39, 0.29) is 6.61 Å². The second kappa shape index (κ2) is 5.95. The van der Waals surface area contributed by atoms with Crippen LogP contribution in [0.4, 0.5) is 0 Å². The summed E-state index contributed by atoms with van der Waals surface area (Å²) in [5.41, 5.74) is 6.81. The molecule has 0 saturated heterocycles. The maximum Gasteiger partial charge on any atom is 0.0688 e. The van der Waals surface area contributed by atoms with Gasteiger partial charge in [0.1, 0.15) is 0 Å². The van der Waals surface area contributed by atoms with Crippen molar-refractivity contribution in [3.63, 3.8) is 0 Å². The molecule has 0 spiro atoms. The molecule has 1 aromatic heterocycles. The molecule has 0 amide bonds. The molecular formula is C19H22N2O. The minimum atomic E-state index is 0.0507. The Morgan fingerprint density at radius 2 is 1.86 bits per heavy atom. The zero-order valence-electron chi connectivity index (χ0n) is 13.4. The van der Waals surface area contributed by atoms with Crippen molar-refractivity contribution in [2.75, 3.05) is 14.1 Å². The highest BCUT2D eigenvalue weighted by molar-refractivity contribution is 5.96. The molecule has 0 atom stereocenters. The number of aliphatic hydroxyl groups excluding tert-OH is 1. The minimum absolute atomic E-state index is 0.0507. The summed E-state index contributed by atoms with van der Waals surface area (Å²) in [6.45, 7) is 3.03. The van der Waals surface area contributed by atoms with E-state index in [1.807, 2.05) is 6.20 Å². The Balaban J connectivity index is 2.11. The summed E-state index contributed by atoms with van der Waals surface area (Å²) in [5.74, 6) is 0. The summed E-state index contributed by atoms with van der Waals surface area (Å²) in [6.07, 6.45) is 2.03. The van der Waals surface area contributed by atoms with E-state index in [4.69, 9.17) is 0 Å². The summed E-state index contributed by atoms with van der Waals surface area (Å²) < 4.78 is 0. The van der Waals surface area contributed by atoms with Gasteiger partial charge in [-0.05, 0) is 49.8 Å². The Morgan fingerprint density at radius 3 is 2.59 bits per heavy atom. The molecule has 3 aromatic rings. The largest absolute Gasteiger partial charge is 0.392 e. The Kier molecular flexibility index (Phi) is 4.01. The minimum Gasteiger partial charge on any atom is -0.392 e. The van der Waals surface area contributed by atoms with Crippen LogP contribution in [0.15, 0.2) is 42.6 Å². The molecule has 0 fully saturated rings. The number of rotatable bonds is 4. The molecule has 0 aliphatic rings. The average molecular weight is 294 g/mol. The predicted molar refractivity (Wildman–Crippen MR) is 91.8 cm³/mol. The van der Waals surface area contributed by atoms with Gasteiger partial charge in [-0.25, -0.2) is 0 Å². The number of aromatic nitrogens is 1. The molecule has 0 aliphatic heterocycles. The number of aryl methyl sites for hydroxylation is 1. The van der Waals surface area contributed by atoms with E-state index in [0.717, 1.165) is 28.8 Å². The van der Waals surface area contributed by atoms with Crippen molar-refractivity contribution in [3.8, 4) is 11.1 Å². The molecule has 3 nitrogen and oxygen atoms in total. The van der Waals surface area contributed by atoms with E-state index in [9.17, 15) is 5.11 Å². The van der Waals surface area contributed by atoms with E-state index in [0.29, 0.717) is 0 Å². The van der Waals surface area contributed by atoms with Crippen molar-refractivity contribution < 1.29 is 5.11 Å². The van der Waals surface area contributed by atoms with E-state index >= 15 is 0 Å². The summed E-state index contributed by atoms with van der Waals surface area (Å²) >= 11 is 0. The highest BCUT2D eigenvalue weighted by atomic mass is 16.3. The molecule has 22 heavy (non-hydrogen) atoms. The fourth-order valence-corrected chi connectivity index (χ4v) is 2.96. The SMILES string of the molecule is Cc1ccc2[nH]cc(-c3ccc(CN(C)C)cc3CO)c2c1. The number of H-pyrrole nitrogens is 1. The van der Waals surface area contributed by atoms with Crippen LogP contribution in [0.2, 0.25) is 0 Å². The van der Waals surface area contributed by atoms with Gasteiger partial charge >= 0.3 is 0 Å². The van der Waals surface area contributed by atoms with Gasteiger partial charge in [0.25, 0.3) is 0 Å². The molecule has 3 heteroatoms. The molecule has 0 radical (unpaired) electrons. The van der Waals surface area contributed by atoms with E-state index in [2.05, 4.69) is 67.3 Å². The molecule has 2 aromatic carbocycles. The van der Waals surface area contributed by atoms with Gasteiger partial charge in [-0.1, -0.05) is 29.8 Å². The summed E-state index contributed by atoms with van der Waals surface area (Å²) in [6, 6.07) is 12.8. The third-order valence-electron chi connectivity index (χ3n) is 3.97. The van der Waals surface area contributed by atoms with Gasteiger partial charge in [0.05, 0.1) is 6.61 Å². The summed E-state index contributed by atoms with van der Waals surface area (Å²) in [5, 5.41) is 11.0. The van der Waals surface area contributed by atoms with E-state index in [1.165, 1.54) is 16.5 Å². The average Bonchev–Trinajstić information content (AvgIpc) is 2.89. The Bertz CT molecular complexity index is 802. The number of benzene rings is 2. The van der Waals surface area contributed by atoms with Gasteiger partial charge in [0.2, 0.25) is 0 Å². The van der Waals surface area contributed by atoms with Crippen molar-refractivity contribution in [1.82, 2.24) is 9.88 Å². The van der Waals surface area contributed by atoms with Crippen molar-refractivity contribution in [3.05, 3.63) is 59.3 Å². The van der Waals surface area contributed by atoms with Crippen molar-refractivity contribution in [2.24, 2.45) is 0 Å². The zero-order chi connectivity index (χ0) is 15.7. The number of aliphatic hydroxyl groups is 1. The van der Waals surface area contributed by atoms with Gasteiger partial charge in [0, 0.05) is 29.2 Å². The van der Waals surface area contributed by atoms with Crippen LogP contribution in [-0.2, 0) is 13.2 Å². The molecule has 0 saturated carbocycles. The van der Waals surface area contributed by atoms with Crippen LogP contribution < -0.4 is 0 Å². The lowest BCUT2D eigenvalue weighted by atomic mass is 9.97. The number of hydrogen-bond acceptors (Lipinski definition) is 2. The number of fused-ring (bicyclic) bond motifs is 1. The Hall–Kier alpha value is -2.10. The normalized spacial score (nSPS) is 11.5.